The summed E-state index contributed by atoms with van der Waals surface area (Å²) in [5.74, 6) is 0.224. The van der Waals surface area contributed by atoms with E-state index in [4.69, 9.17) is 5.26 Å². The van der Waals surface area contributed by atoms with E-state index in [2.05, 4.69) is 11.0 Å². The number of para-hydroxylation sites is 1. The summed E-state index contributed by atoms with van der Waals surface area (Å²) in [6, 6.07) is 18.0. The van der Waals surface area contributed by atoms with E-state index in [1.807, 2.05) is 71.1 Å². The summed E-state index contributed by atoms with van der Waals surface area (Å²) in [5.41, 5.74) is 3.90. The van der Waals surface area contributed by atoms with E-state index in [9.17, 15) is 9.59 Å². The number of fused-ring (bicyclic) bond motifs is 1. The molecule has 1 amide bonds. The third kappa shape index (κ3) is 4.74. The maximum Gasteiger partial charge on any atom is 0.227 e. The first-order valence-corrected chi connectivity index (χ1v) is 11.1. The minimum atomic E-state index is 0.0802. The Morgan fingerprint density at radius 3 is 2.47 bits per heavy atom. The standard InChI is InChI=1S/C26H28N4O2/c1-20-7-2-3-8-21(20)17-26(32)29-15-13-28(14-16-29)19-25(31)23-18-30(12-6-11-27)24-10-5-4-9-22(23)24/h2-5,7-10,18H,6,12-17,19H2,1H3. The Kier molecular flexibility index (Phi) is 6.67. The quantitative estimate of drug-likeness (QED) is 0.541. The number of Topliss-reactive ketones (excluding diaryl/α,β-unsaturated/α-hetero) is 1. The molecule has 164 valence electrons. The smallest absolute Gasteiger partial charge is 0.227 e. The number of hydrogen-bond donors (Lipinski definition) is 0. The number of nitriles is 1. The highest BCUT2D eigenvalue weighted by Crippen LogP contribution is 2.23. The molecule has 0 bridgehead atoms. The lowest BCUT2D eigenvalue weighted by atomic mass is 10.0. The molecule has 0 aliphatic carbocycles. The fourth-order valence-electron chi connectivity index (χ4n) is 4.35. The predicted molar refractivity (Wildman–Crippen MR) is 124 cm³/mol. The van der Waals surface area contributed by atoms with Crippen LogP contribution >= 0.6 is 0 Å². The summed E-state index contributed by atoms with van der Waals surface area (Å²) in [5, 5.41) is 9.86. The summed E-state index contributed by atoms with van der Waals surface area (Å²) in [4.78, 5) is 29.9. The molecule has 0 atom stereocenters. The number of rotatable bonds is 7. The molecular formula is C26H28N4O2. The maximum atomic E-state index is 13.1. The van der Waals surface area contributed by atoms with Crippen LogP contribution < -0.4 is 0 Å². The van der Waals surface area contributed by atoms with Crippen LogP contribution in [0.25, 0.3) is 10.9 Å². The average Bonchev–Trinajstić information content (AvgIpc) is 3.18. The topological polar surface area (TPSA) is 69.3 Å². The van der Waals surface area contributed by atoms with E-state index >= 15 is 0 Å². The fraction of sp³-hybridized carbons (Fsp3) is 0.346. The zero-order valence-corrected chi connectivity index (χ0v) is 18.5. The molecule has 0 saturated carbocycles. The van der Waals surface area contributed by atoms with Gasteiger partial charge in [0.25, 0.3) is 0 Å². The summed E-state index contributed by atoms with van der Waals surface area (Å²) in [6.45, 7) is 5.61. The van der Waals surface area contributed by atoms with Gasteiger partial charge in [-0.2, -0.15) is 5.26 Å². The lowest BCUT2D eigenvalue weighted by Crippen LogP contribution is -2.50. The van der Waals surface area contributed by atoms with Gasteiger partial charge < -0.3 is 9.47 Å². The molecule has 32 heavy (non-hydrogen) atoms. The van der Waals surface area contributed by atoms with E-state index < -0.39 is 0 Å². The molecule has 0 unspecified atom stereocenters. The van der Waals surface area contributed by atoms with Gasteiger partial charge in [0.05, 0.1) is 25.5 Å². The number of aryl methyl sites for hydroxylation is 2. The number of ketones is 1. The van der Waals surface area contributed by atoms with Crippen LogP contribution in [0.3, 0.4) is 0 Å². The number of carbonyl (C=O) groups excluding carboxylic acids is 2. The van der Waals surface area contributed by atoms with Crippen molar-refractivity contribution < 1.29 is 9.59 Å². The number of aromatic nitrogens is 1. The molecule has 1 saturated heterocycles. The molecule has 3 aromatic rings. The molecule has 1 fully saturated rings. The van der Waals surface area contributed by atoms with Gasteiger partial charge in [0.1, 0.15) is 0 Å². The monoisotopic (exact) mass is 428 g/mol. The van der Waals surface area contributed by atoms with Crippen LogP contribution in [0.5, 0.6) is 0 Å². The third-order valence-corrected chi connectivity index (χ3v) is 6.25. The van der Waals surface area contributed by atoms with Crippen LogP contribution in [-0.2, 0) is 17.8 Å². The van der Waals surface area contributed by atoms with Gasteiger partial charge in [0, 0.05) is 55.4 Å². The summed E-state index contributed by atoms with van der Waals surface area (Å²) in [6.07, 6.45) is 2.71. The van der Waals surface area contributed by atoms with Crippen molar-refractivity contribution in [1.29, 1.82) is 5.26 Å². The lowest BCUT2D eigenvalue weighted by molar-refractivity contribution is -0.132. The lowest BCUT2D eigenvalue weighted by Gasteiger charge is -2.34. The highest BCUT2D eigenvalue weighted by Gasteiger charge is 2.24. The van der Waals surface area contributed by atoms with Crippen molar-refractivity contribution in [2.75, 3.05) is 32.7 Å². The summed E-state index contributed by atoms with van der Waals surface area (Å²) in [7, 11) is 0. The van der Waals surface area contributed by atoms with Gasteiger partial charge in [0.15, 0.2) is 5.78 Å². The molecule has 1 aliphatic heterocycles. The van der Waals surface area contributed by atoms with Crippen LogP contribution in [0.4, 0.5) is 0 Å². The van der Waals surface area contributed by atoms with Gasteiger partial charge in [-0.1, -0.05) is 42.5 Å². The molecule has 0 spiro atoms. The van der Waals surface area contributed by atoms with Gasteiger partial charge in [-0.05, 0) is 24.1 Å². The Balaban J connectivity index is 1.36. The Bertz CT molecular complexity index is 1170. The number of carbonyl (C=O) groups is 2. The largest absolute Gasteiger partial charge is 0.346 e. The molecule has 4 rings (SSSR count). The molecule has 1 aliphatic rings. The Hall–Kier alpha value is -3.43. The molecule has 0 radical (unpaired) electrons. The van der Waals surface area contributed by atoms with E-state index in [0.717, 1.165) is 22.0 Å². The third-order valence-electron chi connectivity index (χ3n) is 6.25. The van der Waals surface area contributed by atoms with Crippen molar-refractivity contribution in [3.8, 4) is 6.07 Å². The predicted octanol–water partition coefficient (Wildman–Crippen LogP) is 3.43. The Labute approximate surface area is 188 Å². The van der Waals surface area contributed by atoms with Crippen molar-refractivity contribution in [3.63, 3.8) is 0 Å². The Morgan fingerprint density at radius 2 is 1.72 bits per heavy atom. The van der Waals surface area contributed by atoms with Crippen molar-refractivity contribution in [2.24, 2.45) is 0 Å². The molecule has 0 N–H and O–H groups in total. The van der Waals surface area contributed by atoms with Crippen LogP contribution in [0, 0.1) is 18.3 Å². The molecule has 2 heterocycles. The SMILES string of the molecule is Cc1ccccc1CC(=O)N1CCN(CC(=O)c2cn(CCC#N)c3ccccc23)CC1. The molecule has 1 aromatic heterocycles. The van der Waals surface area contributed by atoms with Crippen LogP contribution in [-0.4, -0.2) is 58.8 Å². The van der Waals surface area contributed by atoms with Crippen LogP contribution in [0.15, 0.2) is 54.7 Å². The second-order valence-corrected chi connectivity index (χ2v) is 8.34. The van der Waals surface area contributed by atoms with E-state index in [1.54, 1.807) is 0 Å². The second kappa shape index (κ2) is 9.80. The van der Waals surface area contributed by atoms with Gasteiger partial charge in [0.2, 0.25) is 5.91 Å². The van der Waals surface area contributed by atoms with Crippen molar-refractivity contribution >= 4 is 22.6 Å². The molecule has 2 aromatic carbocycles. The Morgan fingerprint density at radius 1 is 1.00 bits per heavy atom. The number of amides is 1. The van der Waals surface area contributed by atoms with Crippen LogP contribution in [0.1, 0.15) is 27.9 Å². The number of nitrogens with zero attached hydrogens (tertiary/aromatic N) is 4. The number of benzene rings is 2. The first kappa shape index (κ1) is 21.8. The highest BCUT2D eigenvalue weighted by atomic mass is 16.2. The van der Waals surface area contributed by atoms with Crippen LogP contribution in [0.2, 0.25) is 0 Å². The first-order chi connectivity index (χ1) is 15.6. The minimum absolute atomic E-state index is 0.0802. The number of piperazine rings is 1. The van der Waals surface area contributed by atoms with E-state index in [-0.39, 0.29) is 11.7 Å². The number of hydrogen-bond acceptors (Lipinski definition) is 4. The van der Waals surface area contributed by atoms with Gasteiger partial charge in [-0.25, -0.2) is 0 Å². The first-order valence-electron chi connectivity index (χ1n) is 11.1. The zero-order valence-electron chi connectivity index (χ0n) is 18.5. The van der Waals surface area contributed by atoms with E-state index in [1.165, 1.54) is 0 Å². The normalized spacial score (nSPS) is 14.4. The maximum absolute atomic E-state index is 13.1. The van der Waals surface area contributed by atoms with Gasteiger partial charge in [-0.3, -0.25) is 14.5 Å². The summed E-state index contributed by atoms with van der Waals surface area (Å²) >= 11 is 0. The molecule has 6 heteroatoms. The van der Waals surface area contributed by atoms with Gasteiger partial charge >= 0.3 is 0 Å². The van der Waals surface area contributed by atoms with Gasteiger partial charge in [-0.15, -0.1) is 0 Å². The van der Waals surface area contributed by atoms with Crippen molar-refractivity contribution in [3.05, 3.63) is 71.4 Å². The second-order valence-electron chi connectivity index (χ2n) is 8.34. The molecular weight excluding hydrogens is 400 g/mol. The zero-order chi connectivity index (χ0) is 22.5. The van der Waals surface area contributed by atoms with Crippen molar-refractivity contribution in [1.82, 2.24) is 14.4 Å². The highest BCUT2D eigenvalue weighted by molar-refractivity contribution is 6.09. The van der Waals surface area contributed by atoms with E-state index in [0.29, 0.717) is 57.7 Å². The average molecular weight is 429 g/mol. The van der Waals surface area contributed by atoms with Crippen molar-refractivity contribution in [2.45, 2.75) is 26.3 Å². The summed E-state index contributed by atoms with van der Waals surface area (Å²) < 4.78 is 1.99. The minimum Gasteiger partial charge on any atom is -0.346 e. The fourth-order valence-corrected chi connectivity index (χ4v) is 4.35. The molecule has 6 nitrogen and oxygen atoms in total.